The molecule has 0 saturated carbocycles. The van der Waals surface area contributed by atoms with Crippen LogP contribution in [-0.2, 0) is 16.1 Å². The molecule has 2 aromatic rings. The molecule has 2 amide bonds. The van der Waals surface area contributed by atoms with Gasteiger partial charge in [0.25, 0.3) is 0 Å². The molecule has 0 spiro atoms. The van der Waals surface area contributed by atoms with E-state index in [4.69, 9.17) is 4.74 Å². The van der Waals surface area contributed by atoms with Gasteiger partial charge in [-0.15, -0.1) is 0 Å². The second kappa shape index (κ2) is 10.6. The van der Waals surface area contributed by atoms with Crippen LogP contribution in [0.25, 0.3) is 0 Å². The summed E-state index contributed by atoms with van der Waals surface area (Å²) >= 11 is 0. The number of nitrogens with zero attached hydrogens (tertiary/aromatic N) is 3. The monoisotopic (exact) mass is 441 g/mol. The van der Waals surface area contributed by atoms with Crippen molar-refractivity contribution in [2.24, 2.45) is 5.92 Å². The van der Waals surface area contributed by atoms with Crippen molar-refractivity contribution in [2.75, 3.05) is 47.4 Å². The standard InChI is InChI=1S/C25H32FN3O3/c1-18(30)29-16-23(20-7-5-6-19(14-20)15-27(2)3)24(17-29)25(31)28(4)12-13-32-22-10-8-21(26)9-11-22/h5-11,14,23-24H,12-13,15-17H2,1-4H3/t23-,24+/m1/s1. The van der Waals surface area contributed by atoms with Crippen molar-refractivity contribution in [3.05, 3.63) is 65.5 Å². The minimum atomic E-state index is -0.318. The van der Waals surface area contributed by atoms with E-state index in [1.165, 1.54) is 17.7 Å². The molecular formula is C25H32FN3O3. The van der Waals surface area contributed by atoms with Crippen molar-refractivity contribution < 1.29 is 18.7 Å². The Hall–Kier alpha value is -2.93. The highest BCUT2D eigenvalue weighted by Gasteiger charge is 2.40. The van der Waals surface area contributed by atoms with Gasteiger partial charge in [-0.05, 0) is 49.5 Å². The second-order valence-electron chi connectivity index (χ2n) is 8.68. The highest BCUT2D eigenvalue weighted by atomic mass is 19.1. The van der Waals surface area contributed by atoms with Crippen LogP contribution < -0.4 is 4.74 Å². The predicted octanol–water partition coefficient (Wildman–Crippen LogP) is 2.99. The van der Waals surface area contributed by atoms with Crippen LogP contribution in [0.5, 0.6) is 5.75 Å². The Morgan fingerprint density at radius 1 is 1.09 bits per heavy atom. The molecule has 0 aliphatic carbocycles. The molecule has 1 fully saturated rings. The first-order valence-electron chi connectivity index (χ1n) is 10.9. The molecule has 2 aromatic carbocycles. The Kier molecular flexibility index (Phi) is 7.85. The first kappa shape index (κ1) is 23.7. The summed E-state index contributed by atoms with van der Waals surface area (Å²) in [6.07, 6.45) is 0. The summed E-state index contributed by atoms with van der Waals surface area (Å²) in [4.78, 5) is 30.9. The Morgan fingerprint density at radius 3 is 2.47 bits per heavy atom. The maximum Gasteiger partial charge on any atom is 0.228 e. The van der Waals surface area contributed by atoms with Crippen molar-refractivity contribution >= 4 is 11.8 Å². The lowest BCUT2D eigenvalue weighted by Gasteiger charge is -2.25. The van der Waals surface area contributed by atoms with E-state index >= 15 is 0 Å². The smallest absolute Gasteiger partial charge is 0.228 e. The molecule has 1 aliphatic heterocycles. The zero-order valence-electron chi connectivity index (χ0n) is 19.3. The number of halogens is 1. The summed E-state index contributed by atoms with van der Waals surface area (Å²) in [5.74, 6) is -0.122. The second-order valence-corrected chi connectivity index (χ2v) is 8.68. The molecule has 7 heteroatoms. The van der Waals surface area contributed by atoms with E-state index in [0.717, 1.165) is 12.1 Å². The third-order valence-electron chi connectivity index (χ3n) is 5.85. The van der Waals surface area contributed by atoms with E-state index in [0.29, 0.717) is 32.0 Å². The SMILES string of the molecule is CC(=O)N1C[C@H](C(=O)N(C)CCOc2ccc(F)cc2)[C@@H](c2cccc(CN(C)C)c2)C1. The lowest BCUT2D eigenvalue weighted by molar-refractivity contribution is -0.135. The summed E-state index contributed by atoms with van der Waals surface area (Å²) < 4.78 is 18.7. The maximum absolute atomic E-state index is 13.3. The van der Waals surface area contributed by atoms with Gasteiger partial charge in [-0.2, -0.15) is 0 Å². The number of hydrogen-bond acceptors (Lipinski definition) is 4. The van der Waals surface area contributed by atoms with Crippen molar-refractivity contribution in [2.45, 2.75) is 19.4 Å². The number of amides is 2. The zero-order valence-corrected chi connectivity index (χ0v) is 19.3. The predicted molar refractivity (Wildman–Crippen MR) is 122 cm³/mol. The Balaban J connectivity index is 1.68. The quantitative estimate of drug-likeness (QED) is 0.632. The van der Waals surface area contributed by atoms with E-state index in [1.54, 1.807) is 35.9 Å². The molecule has 1 saturated heterocycles. The summed E-state index contributed by atoms with van der Waals surface area (Å²) in [5.41, 5.74) is 2.27. The first-order chi connectivity index (χ1) is 15.2. The number of ether oxygens (including phenoxy) is 1. The lowest BCUT2D eigenvalue weighted by atomic mass is 9.87. The normalized spacial score (nSPS) is 18.1. The molecule has 172 valence electrons. The fourth-order valence-corrected chi connectivity index (χ4v) is 4.16. The largest absolute Gasteiger partial charge is 0.492 e. The number of benzene rings is 2. The lowest BCUT2D eigenvalue weighted by Crippen LogP contribution is -2.38. The Bertz CT molecular complexity index is 932. The van der Waals surface area contributed by atoms with E-state index in [9.17, 15) is 14.0 Å². The van der Waals surface area contributed by atoms with Crippen LogP contribution in [0.15, 0.2) is 48.5 Å². The molecule has 0 unspecified atom stereocenters. The number of rotatable bonds is 8. The highest BCUT2D eigenvalue weighted by molar-refractivity contribution is 5.82. The van der Waals surface area contributed by atoms with Gasteiger partial charge in [0.05, 0.1) is 12.5 Å². The first-order valence-corrected chi connectivity index (χ1v) is 10.9. The molecule has 0 bridgehead atoms. The van der Waals surface area contributed by atoms with Crippen LogP contribution in [0.4, 0.5) is 4.39 Å². The van der Waals surface area contributed by atoms with Gasteiger partial charge in [0.15, 0.2) is 0 Å². The van der Waals surface area contributed by atoms with Crippen LogP contribution in [0.3, 0.4) is 0 Å². The third kappa shape index (κ3) is 6.07. The molecule has 1 heterocycles. The Labute approximate surface area is 189 Å². The maximum atomic E-state index is 13.3. The molecule has 32 heavy (non-hydrogen) atoms. The van der Waals surface area contributed by atoms with E-state index in [2.05, 4.69) is 17.0 Å². The number of likely N-dealkylation sites (N-methyl/N-ethyl adjacent to an activating group) is 1. The molecular weight excluding hydrogens is 409 g/mol. The molecule has 0 radical (unpaired) electrons. The van der Waals surface area contributed by atoms with Crippen molar-refractivity contribution in [3.63, 3.8) is 0 Å². The number of carbonyl (C=O) groups excluding carboxylic acids is 2. The van der Waals surface area contributed by atoms with Crippen molar-refractivity contribution in [1.82, 2.24) is 14.7 Å². The van der Waals surface area contributed by atoms with Gasteiger partial charge in [-0.1, -0.05) is 24.3 Å². The van der Waals surface area contributed by atoms with E-state index in [1.807, 2.05) is 26.2 Å². The molecule has 0 aromatic heterocycles. The van der Waals surface area contributed by atoms with Gasteiger partial charge in [0.2, 0.25) is 11.8 Å². The average molecular weight is 442 g/mol. The van der Waals surface area contributed by atoms with E-state index in [-0.39, 0.29) is 29.5 Å². The van der Waals surface area contributed by atoms with E-state index < -0.39 is 0 Å². The molecule has 2 atom stereocenters. The van der Waals surface area contributed by atoms with Gasteiger partial charge in [0, 0.05) is 39.5 Å². The molecule has 3 rings (SSSR count). The number of carbonyl (C=O) groups is 2. The van der Waals surface area contributed by atoms with Gasteiger partial charge in [-0.25, -0.2) is 4.39 Å². The third-order valence-corrected chi connectivity index (χ3v) is 5.85. The Morgan fingerprint density at radius 2 is 1.81 bits per heavy atom. The summed E-state index contributed by atoms with van der Waals surface area (Å²) in [6, 6.07) is 14.1. The molecule has 6 nitrogen and oxygen atoms in total. The fourth-order valence-electron chi connectivity index (χ4n) is 4.16. The zero-order chi connectivity index (χ0) is 23.3. The molecule has 0 N–H and O–H groups in total. The number of likely N-dealkylation sites (tertiary alicyclic amines) is 1. The molecule has 1 aliphatic rings. The summed E-state index contributed by atoms with van der Waals surface area (Å²) in [5, 5.41) is 0. The average Bonchev–Trinajstić information content (AvgIpc) is 3.20. The topological polar surface area (TPSA) is 53.1 Å². The van der Waals surface area contributed by atoms with Gasteiger partial charge in [-0.3, -0.25) is 9.59 Å². The highest BCUT2D eigenvalue weighted by Crippen LogP contribution is 2.34. The van der Waals surface area contributed by atoms with Crippen LogP contribution in [0.2, 0.25) is 0 Å². The fraction of sp³-hybridized carbons (Fsp3) is 0.440. The van der Waals surface area contributed by atoms with Crippen molar-refractivity contribution in [1.29, 1.82) is 0 Å². The summed E-state index contributed by atoms with van der Waals surface area (Å²) in [7, 11) is 5.80. The van der Waals surface area contributed by atoms with Crippen LogP contribution in [0.1, 0.15) is 24.0 Å². The van der Waals surface area contributed by atoms with Crippen molar-refractivity contribution in [3.8, 4) is 5.75 Å². The van der Waals surface area contributed by atoms with Gasteiger partial charge >= 0.3 is 0 Å². The van der Waals surface area contributed by atoms with Crippen LogP contribution in [-0.4, -0.2) is 73.9 Å². The van der Waals surface area contributed by atoms with Gasteiger partial charge < -0.3 is 19.4 Å². The summed E-state index contributed by atoms with van der Waals surface area (Å²) in [6.45, 7) is 4.03. The number of hydrogen-bond donors (Lipinski definition) is 0. The van der Waals surface area contributed by atoms with Crippen LogP contribution >= 0.6 is 0 Å². The van der Waals surface area contributed by atoms with Crippen LogP contribution in [0, 0.1) is 11.7 Å². The van der Waals surface area contributed by atoms with Gasteiger partial charge in [0.1, 0.15) is 18.2 Å². The minimum Gasteiger partial charge on any atom is -0.492 e. The minimum absolute atomic E-state index is 0.000492.